The number of carboxylic acid groups (broad SMARTS) is 1. The molecule has 12 nitrogen and oxygen atoms in total. The molecule has 2 aromatic carbocycles. The summed E-state index contributed by atoms with van der Waals surface area (Å²) in [5, 5.41) is 10.2. The van der Waals surface area contributed by atoms with E-state index in [1.165, 1.54) is 40.6 Å². The molecular formula is C29H42O12Si. The van der Waals surface area contributed by atoms with Crippen molar-refractivity contribution in [1.29, 1.82) is 0 Å². The molecular weight excluding hydrogens is 568 g/mol. The molecule has 13 heteroatoms. The van der Waals surface area contributed by atoms with Crippen LogP contribution in [-0.4, -0.2) is 80.8 Å². The molecule has 0 saturated carbocycles. The van der Waals surface area contributed by atoms with Crippen LogP contribution in [0, 0.1) is 0 Å². The Morgan fingerprint density at radius 1 is 0.690 bits per heavy atom. The lowest BCUT2D eigenvalue weighted by molar-refractivity contribution is 0.0431. The fraction of sp³-hybridized carbons (Fsp3) is 0.517. The highest BCUT2D eigenvalue weighted by Crippen LogP contribution is 2.41. The van der Waals surface area contributed by atoms with Crippen LogP contribution in [0.2, 0.25) is 18.1 Å². The highest BCUT2D eigenvalue weighted by molar-refractivity contribution is 6.74. The summed E-state index contributed by atoms with van der Waals surface area (Å²) >= 11 is 0. The lowest BCUT2D eigenvalue weighted by atomic mass is 9.94. The standard InChI is InChI=1S/C29H42O12Si/c1-29(2,3)42(8,9)41-14-19-12-22(39-17-35-6)24(23(13-19)40-18-36-7)27(30)25-20(37-15-33-4)10-11-21(38-16-34-5)26(25)28(31)32/h10-13H,14-18H2,1-9H3,(H,31,32). The third-order valence-electron chi connectivity index (χ3n) is 6.66. The van der Waals surface area contributed by atoms with Crippen molar-refractivity contribution < 1.29 is 57.0 Å². The zero-order valence-corrected chi connectivity index (χ0v) is 26.8. The van der Waals surface area contributed by atoms with Gasteiger partial charge in [-0.15, -0.1) is 0 Å². The van der Waals surface area contributed by atoms with Gasteiger partial charge in [-0.2, -0.15) is 0 Å². The first kappa shape index (κ1) is 35.0. The number of methoxy groups -OCH3 is 4. The molecule has 42 heavy (non-hydrogen) atoms. The summed E-state index contributed by atoms with van der Waals surface area (Å²) in [7, 11) is 3.52. The van der Waals surface area contributed by atoms with E-state index in [-0.39, 0.29) is 72.9 Å². The van der Waals surface area contributed by atoms with E-state index in [2.05, 4.69) is 33.9 Å². The Kier molecular flexibility index (Phi) is 13.2. The van der Waals surface area contributed by atoms with E-state index in [0.29, 0.717) is 5.56 Å². The van der Waals surface area contributed by atoms with E-state index in [1.807, 2.05) is 0 Å². The number of rotatable bonds is 18. The van der Waals surface area contributed by atoms with Gasteiger partial charge in [-0.3, -0.25) is 4.79 Å². The number of hydrogen-bond donors (Lipinski definition) is 1. The minimum atomic E-state index is -2.13. The minimum Gasteiger partial charge on any atom is -0.478 e. The van der Waals surface area contributed by atoms with E-state index in [4.69, 9.17) is 42.3 Å². The van der Waals surface area contributed by atoms with Gasteiger partial charge in [0.15, 0.2) is 35.5 Å². The predicted molar refractivity (Wildman–Crippen MR) is 155 cm³/mol. The summed E-state index contributed by atoms with van der Waals surface area (Å²) < 4.78 is 49.3. The normalized spacial score (nSPS) is 11.7. The van der Waals surface area contributed by atoms with Gasteiger partial charge in [-0.05, 0) is 48.0 Å². The second-order valence-electron chi connectivity index (χ2n) is 10.7. The Morgan fingerprint density at radius 2 is 1.10 bits per heavy atom. The number of aromatic carboxylic acids is 1. The maximum atomic E-state index is 14.4. The van der Waals surface area contributed by atoms with Gasteiger partial charge in [0.1, 0.15) is 34.1 Å². The molecule has 0 heterocycles. The maximum absolute atomic E-state index is 14.4. The Balaban J connectivity index is 2.81. The predicted octanol–water partition coefficient (Wildman–Crippen LogP) is 5.07. The molecule has 0 aromatic heterocycles. The summed E-state index contributed by atoms with van der Waals surface area (Å²) in [5.41, 5.74) is -0.150. The lowest BCUT2D eigenvalue weighted by Gasteiger charge is -2.36. The Morgan fingerprint density at radius 3 is 1.48 bits per heavy atom. The van der Waals surface area contributed by atoms with Crippen molar-refractivity contribution in [2.75, 3.05) is 55.6 Å². The largest absolute Gasteiger partial charge is 0.478 e. The van der Waals surface area contributed by atoms with Crippen molar-refractivity contribution in [3.05, 3.63) is 46.5 Å². The van der Waals surface area contributed by atoms with Crippen LogP contribution >= 0.6 is 0 Å². The molecule has 0 fully saturated rings. The van der Waals surface area contributed by atoms with Crippen LogP contribution in [0.1, 0.15) is 52.6 Å². The van der Waals surface area contributed by atoms with Crippen LogP contribution in [-0.2, 0) is 30.0 Å². The molecule has 0 aliphatic heterocycles. The van der Waals surface area contributed by atoms with Crippen LogP contribution in [0.15, 0.2) is 24.3 Å². The van der Waals surface area contributed by atoms with Crippen LogP contribution in [0.25, 0.3) is 0 Å². The highest BCUT2D eigenvalue weighted by Gasteiger charge is 2.37. The summed E-state index contributed by atoms with van der Waals surface area (Å²) in [6.07, 6.45) is 0. The molecule has 0 radical (unpaired) electrons. The van der Waals surface area contributed by atoms with Gasteiger partial charge >= 0.3 is 5.97 Å². The van der Waals surface area contributed by atoms with Crippen molar-refractivity contribution in [2.24, 2.45) is 0 Å². The monoisotopic (exact) mass is 610 g/mol. The number of ketones is 1. The molecule has 1 N–H and O–H groups in total. The summed E-state index contributed by atoms with van der Waals surface area (Å²) in [6.45, 7) is 9.98. The summed E-state index contributed by atoms with van der Waals surface area (Å²) in [6, 6.07) is 6.06. The van der Waals surface area contributed by atoms with Crippen molar-refractivity contribution in [2.45, 2.75) is 45.5 Å². The van der Waals surface area contributed by atoms with Gasteiger partial charge in [0.05, 0.1) is 12.2 Å². The van der Waals surface area contributed by atoms with Crippen LogP contribution in [0.5, 0.6) is 23.0 Å². The van der Waals surface area contributed by atoms with Gasteiger partial charge in [0.2, 0.25) is 5.78 Å². The molecule has 0 spiro atoms. The zero-order chi connectivity index (χ0) is 31.5. The maximum Gasteiger partial charge on any atom is 0.340 e. The Labute approximate surface area is 247 Å². The topological polar surface area (TPSA) is 137 Å². The quantitative estimate of drug-likeness (QED) is 0.137. The minimum absolute atomic E-state index is 0.0323. The number of hydrogen-bond acceptors (Lipinski definition) is 11. The molecule has 0 aliphatic rings. The first-order chi connectivity index (χ1) is 19.8. The second-order valence-corrected chi connectivity index (χ2v) is 15.5. The van der Waals surface area contributed by atoms with E-state index in [0.717, 1.165) is 0 Å². The molecule has 0 saturated heterocycles. The SMILES string of the molecule is COCOc1cc(CO[Si](C)(C)C(C)(C)C)cc(OCOC)c1C(=O)c1c(OCOC)ccc(OCOC)c1C(=O)O. The van der Waals surface area contributed by atoms with Gasteiger partial charge in [0.25, 0.3) is 0 Å². The summed E-state index contributed by atoms with van der Waals surface area (Å²) in [5.74, 6) is -2.18. The van der Waals surface area contributed by atoms with Crippen LogP contribution in [0.3, 0.4) is 0 Å². The first-order valence-corrected chi connectivity index (χ1v) is 16.0. The van der Waals surface area contributed by atoms with Crippen LogP contribution in [0.4, 0.5) is 0 Å². The Bertz CT molecular complexity index is 1180. The van der Waals surface area contributed by atoms with E-state index >= 15 is 0 Å². The van der Waals surface area contributed by atoms with Gasteiger partial charge < -0.3 is 47.4 Å². The van der Waals surface area contributed by atoms with Crippen molar-refractivity contribution in [1.82, 2.24) is 0 Å². The van der Waals surface area contributed by atoms with Crippen molar-refractivity contribution in [3.63, 3.8) is 0 Å². The number of ether oxygens (including phenoxy) is 8. The molecule has 0 atom stereocenters. The number of carbonyl (C=O) groups excluding carboxylic acids is 1. The molecule has 0 bridgehead atoms. The highest BCUT2D eigenvalue weighted by atomic mass is 28.4. The van der Waals surface area contributed by atoms with E-state index in [9.17, 15) is 14.7 Å². The van der Waals surface area contributed by atoms with Crippen LogP contribution < -0.4 is 18.9 Å². The molecule has 0 aliphatic carbocycles. The first-order valence-electron chi connectivity index (χ1n) is 13.1. The fourth-order valence-electron chi connectivity index (χ4n) is 3.52. The van der Waals surface area contributed by atoms with Gasteiger partial charge in [-0.1, -0.05) is 20.8 Å². The second kappa shape index (κ2) is 15.9. The van der Waals surface area contributed by atoms with E-state index in [1.54, 1.807) is 12.1 Å². The smallest absolute Gasteiger partial charge is 0.340 e. The average molecular weight is 611 g/mol. The lowest BCUT2D eigenvalue weighted by Crippen LogP contribution is -2.40. The van der Waals surface area contributed by atoms with Crippen molar-refractivity contribution >= 4 is 20.1 Å². The van der Waals surface area contributed by atoms with Crippen molar-refractivity contribution in [3.8, 4) is 23.0 Å². The molecule has 0 amide bonds. The van der Waals surface area contributed by atoms with Gasteiger partial charge in [0, 0.05) is 28.4 Å². The van der Waals surface area contributed by atoms with E-state index < -0.39 is 25.6 Å². The zero-order valence-electron chi connectivity index (χ0n) is 25.8. The number of carbonyl (C=O) groups is 2. The number of benzene rings is 2. The third kappa shape index (κ3) is 8.90. The fourth-order valence-corrected chi connectivity index (χ4v) is 4.48. The number of carboxylic acids is 1. The van der Waals surface area contributed by atoms with Gasteiger partial charge in [-0.25, -0.2) is 4.79 Å². The molecule has 0 unspecified atom stereocenters. The molecule has 2 rings (SSSR count). The molecule has 2 aromatic rings. The Hall–Kier alpha value is -3.20. The average Bonchev–Trinajstić information content (AvgIpc) is 2.94. The third-order valence-corrected chi connectivity index (χ3v) is 11.1. The molecule has 234 valence electrons. The summed E-state index contributed by atoms with van der Waals surface area (Å²) in [4.78, 5) is 26.9.